The van der Waals surface area contributed by atoms with Crippen molar-refractivity contribution in [2.24, 2.45) is 4.99 Å². The zero-order valence-electron chi connectivity index (χ0n) is 16.2. The molecule has 1 aromatic carbocycles. The van der Waals surface area contributed by atoms with E-state index >= 15 is 0 Å². The molecule has 2 heterocycles. The van der Waals surface area contributed by atoms with Crippen molar-refractivity contribution in [2.45, 2.75) is 25.8 Å². The number of nitrogens with zero attached hydrogens (tertiary/aromatic N) is 3. The summed E-state index contributed by atoms with van der Waals surface area (Å²) in [5, 5.41) is 6.33. The largest absolute Gasteiger partial charge is 0.356 e. The van der Waals surface area contributed by atoms with Gasteiger partial charge in [0.1, 0.15) is 5.84 Å². The minimum Gasteiger partial charge on any atom is -0.356 e. The first-order chi connectivity index (χ1) is 13.5. The van der Waals surface area contributed by atoms with Gasteiger partial charge in [0.15, 0.2) is 5.82 Å². The highest BCUT2D eigenvalue weighted by molar-refractivity contribution is 6.33. The Morgan fingerprint density at radius 1 is 1.36 bits per heavy atom. The monoisotopic (exact) mass is 397 g/mol. The topological polar surface area (TPSA) is 69.6 Å². The lowest BCUT2D eigenvalue weighted by Gasteiger charge is -2.31. The summed E-state index contributed by atoms with van der Waals surface area (Å²) in [6.45, 7) is 2.17. The van der Waals surface area contributed by atoms with E-state index in [1.807, 2.05) is 31.3 Å². The molecule has 0 fully saturated rings. The third-order valence-corrected chi connectivity index (χ3v) is 5.09. The summed E-state index contributed by atoms with van der Waals surface area (Å²) in [6, 6.07) is 9.48. The summed E-state index contributed by atoms with van der Waals surface area (Å²) < 4.78 is 0. The van der Waals surface area contributed by atoms with E-state index < -0.39 is 0 Å². The molecule has 1 amide bonds. The van der Waals surface area contributed by atoms with Gasteiger partial charge in [0.2, 0.25) is 0 Å². The number of carbonyl (C=O) groups excluding carboxylic acids is 1. The van der Waals surface area contributed by atoms with Crippen molar-refractivity contribution in [3.63, 3.8) is 0 Å². The average Bonchev–Trinajstić information content (AvgIpc) is 2.72. The quantitative estimate of drug-likeness (QED) is 0.777. The highest BCUT2D eigenvalue weighted by Crippen LogP contribution is 2.30. The van der Waals surface area contributed by atoms with E-state index in [1.54, 1.807) is 25.4 Å². The van der Waals surface area contributed by atoms with Gasteiger partial charge in [-0.2, -0.15) is 0 Å². The second kappa shape index (κ2) is 8.89. The molecule has 0 bridgehead atoms. The molecule has 3 rings (SSSR count). The summed E-state index contributed by atoms with van der Waals surface area (Å²) in [5.41, 5.74) is 1.84. The summed E-state index contributed by atoms with van der Waals surface area (Å²) in [6.07, 6.45) is 7.79. The first kappa shape index (κ1) is 19.9. The minimum atomic E-state index is -0.173. The van der Waals surface area contributed by atoms with Crippen LogP contribution >= 0.6 is 11.6 Å². The molecular weight excluding hydrogens is 374 g/mol. The SMILES string of the molecule is CCC1CC=CC(=Nc2cc(Nc3ccccc3C(=O)NC)c(Cl)cn2)N1C. The van der Waals surface area contributed by atoms with Crippen LogP contribution in [0.3, 0.4) is 0 Å². The van der Waals surface area contributed by atoms with Gasteiger partial charge < -0.3 is 15.5 Å². The number of aromatic nitrogens is 1. The number of para-hydroxylation sites is 1. The van der Waals surface area contributed by atoms with Crippen molar-refractivity contribution in [3.05, 3.63) is 59.3 Å². The molecule has 1 aliphatic heterocycles. The zero-order valence-corrected chi connectivity index (χ0v) is 17.0. The smallest absolute Gasteiger partial charge is 0.253 e. The van der Waals surface area contributed by atoms with Gasteiger partial charge in [0.05, 0.1) is 28.2 Å². The number of carbonyl (C=O) groups is 1. The number of pyridine rings is 1. The number of benzene rings is 1. The van der Waals surface area contributed by atoms with Crippen molar-refractivity contribution in [2.75, 3.05) is 19.4 Å². The van der Waals surface area contributed by atoms with E-state index in [9.17, 15) is 4.79 Å². The molecule has 28 heavy (non-hydrogen) atoms. The molecule has 1 unspecified atom stereocenters. The predicted molar refractivity (Wildman–Crippen MR) is 115 cm³/mol. The van der Waals surface area contributed by atoms with Gasteiger partial charge in [0.25, 0.3) is 5.91 Å². The number of hydrogen-bond acceptors (Lipinski definition) is 4. The second-order valence-corrected chi connectivity index (χ2v) is 6.96. The van der Waals surface area contributed by atoms with E-state index in [0.717, 1.165) is 18.7 Å². The van der Waals surface area contributed by atoms with Crippen LogP contribution in [0.15, 0.2) is 53.7 Å². The Hall–Kier alpha value is -2.86. The van der Waals surface area contributed by atoms with Gasteiger partial charge in [-0.3, -0.25) is 4.79 Å². The second-order valence-electron chi connectivity index (χ2n) is 6.55. The maximum absolute atomic E-state index is 12.1. The summed E-state index contributed by atoms with van der Waals surface area (Å²) in [7, 11) is 3.65. The number of halogens is 1. The van der Waals surface area contributed by atoms with Crippen LogP contribution in [0.25, 0.3) is 0 Å². The summed E-state index contributed by atoms with van der Waals surface area (Å²) >= 11 is 6.33. The van der Waals surface area contributed by atoms with E-state index in [4.69, 9.17) is 11.6 Å². The van der Waals surface area contributed by atoms with Gasteiger partial charge in [-0.1, -0.05) is 36.7 Å². The number of nitrogens with one attached hydrogen (secondary N) is 2. The molecule has 0 spiro atoms. The molecule has 1 atom stereocenters. The predicted octanol–water partition coefficient (Wildman–Crippen LogP) is 4.54. The molecule has 2 aromatic rings. The van der Waals surface area contributed by atoms with Crippen LogP contribution in [0.1, 0.15) is 30.1 Å². The lowest BCUT2D eigenvalue weighted by molar-refractivity contribution is 0.0964. The highest BCUT2D eigenvalue weighted by atomic mass is 35.5. The first-order valence-electron chi connectivity index (χ1n) is 9.25. The Bertz CT molecular complexity index is 925. The Morgan fingerprint density at radius 3 is 2.89 bits per heavy atom. The van der Waals surface area contributed by atoms with Crippen LogP contribution in [0, 0.1) is 0 Å². The molecule has 7 heteroatoms. The molecule has 0 aliphatic carbocycles. The lowest BCUT2D eigenvalue weighted by Crippen LogP contribution is -2.37. The standard InChI is InChI=1S/C21H24ClN5O/c1-4-14-8-7-11-20(27(14)3)26-19-12-18(16(22)13-24-19)25-17-10-6-5-9-15(17)21(28)23-2/h5-7,9-14H,4,8H2,1-3H3,(H,23,28)(H,24,25). The Morgan fingerprint density at radius 2 is 2.14 bits per heavy atom. The molecule has 1 aliphatic rings. The fraction of sp³-hybridized carbons (Fsp3) is 0.286. The van der Waals surface area contributed by atoms with E-state index in [0.29, 0.717) is 33.8 Å². The van der Waals surface area contributed by atoms with Crippen molar-refractivity contribution in [1.29, 1.82) is 0 Å². The molecule has 2 N–H and O–H groups in total. The molecule has 0 radical (unpaired) electrons. The maximum atomic E-state index is 12.1. The number of rotatable bonds is 5. The van der Waals surface area contributed by atoms with Crippen LogP contribution in [-0.2, 0) is 0 Å². The van der Waals surface area contributed by atoms with Crippen LogP contribution in [-0.4, -0.2) is 41.8 Å². The van der Waals surface area contributed by atoms with Crippen molar-refractivity contribution < 1.29 is 4.79 Å². The number of amidine groups is 1. The Kier molecular flexibility index (Phi) is 6.31. The maximum Gasteiger partial charge on any atom is 0.253 e. The fourth-order valence-corrected chi connectivity index (χ4v) is 3.27. The average molecular weight is 398 g/mol. The molecular formula is C21H24ClN5O. The van der Waals surface area contributed by atoms with Crippen molar-refractivity contribution >= 4 is 40.5 Å². The third kappa shape index (κ3) is 4.34. The van der Waals surface area contributed by atoms with Gasteiger partial charge in [-0.05, 0) is 31.1 Å². The van der Waals surface area contributed by atoms with Gasteiger partial charge in [-0.15, -0.1) is 0 Å². The highest BCUT2D eigenvalue weighted by Gasteiger charge is 2.18. The number of amides is 1. The van der Waals surface area contributed by atoms with Gasteiger partial charge >= 0.3 is 0 Å². The Labute approximate surface area is 170 Å². The van der Waals surface area contributed by atoms with Crippen molar-refractivity contribution in [1.82, 2.24) is 15.2 Å². The van der Waals surface area contributed by atoms with Crippen LogP contribution in [0.2, 0.25) is 5.02 Å². The normalized spacial score (nSPS) is 17.6. The number of hydrogen-bond donors (Lipinski definition) is 2. The fourth-order valence-electron chi connectivity index (χ4n) is 3.12. The number of anilines is 2. The third-order valence-electron chi connectivity index (χ3n) is 4.79. The molecule has 146 valence electrons. The molecule has 6 nitrogen and oxygen atoms in total. The van der Waals surface area contributed by atoms with E-state index in [-0.39, 0.29) is 5.91 Å². The summed E-state index contributed by atoms with van der Waals surface area (Å²) in [4.78, 5) is 23.3. The van der Waals surface area contributed by atoms with E-state index in [1.165, 1.54) is 0 Å². The van der Waals surface area contributed by atoms with Crippen LogP contribution < -0.4 is 10.6 Å². The van der Waals surface area contributed by atoms with Gasteiger partial charge in [-0.25, -0.2) is 9.98 Å². The zero-order chi connectivity index (χ0) is 20.1. The van der Waals surface area contributed by atoms with Crippen LogP contribution in [0.5, 0.6) is 0 Å². The van der Waals surface area contributed by atoms with Gasteiger partial charge in [0, 0.05) is 26.2 Å². The first-order valence-corrected chi connectivity index (χ1v) is 9.63. The number of likely N-dealkylation sites (N-methyl/N-ethyl adjacent to an activating group) is 1. The molecule has 0 saturated carbocycles. The molecule has 1 aromatic heterocycles. The number of aliphatic imine (C=N–C) groups is 1. The Balaban J connectivity index is 1.91. The van der Waals surface area contributed by atoms with E-state index in [2.05, 4.69) is 38.5 Å². The molecule has 0 saturated heterocycles. The lowest BCUT2D eigenvalue weighted by atomic mass is 10.1. The van der Waals surface area contributed by atoms with Crippen molar-refractivity contribution in [3.8, 4) is 0 Å². The van der Waals surface area contributed by atoms with Crippen LogP contribution in [0.4, 0.5) is 17.2 Å². The minimum absolute atomic E-state index is 0.173. The summed E-state index contributed by atoms with van der Waals surface area (Å²) in [5.74, 6) is 1.24.